The number of amides is 1. The third-order valence-corrected chi connectivity index (χ3v) is 3.68. The minimum absolute atomic E-state index is 0.0458. The number of nitrogens with zero attached hydrogens (tertiary/aromatic N) is 1. The highest BCUT2D eigenvalue weighted by Gasteiger charge is 2.23. The molecular weight excluding hydrogens is 256 g/mol. The Hall–Kier alpha value is -1.59. The van der Waals surface area contributed by atoms with Crippen molar-refractivity contribution in [3.8, 4) is 5.75 Å². The summed E-state index contributed by atoms with van der Waals surface area (Å²) in [6.07, 6.45) is 3.18. The minimum Gasteiger partial charge on any atom is -0.497 e. The average molecular weight is 278 g/mol. The number of piperidine rings is 1. The maximum atomic E-state index is 12.0. The van der Waals surface area contributed by atoms with Crippen LogP contribution in [0.1, 0.15) is 19.3 Å². The van der Waals surface area contributed by atoms with Gasteiger partial charge in [-0.15, -0.1) is 0 Å². The van der Waals surface area contributed by atoms with Crippen molar-refractivity contribution in [1.82, 2.24) is 4.90 Å². The normalized spacial score (nSPS) is 19.6. The van der Waals surface area contributed by atoms with Crippen molar-refractivity contribution in [2.75, 3.05) is 32.1 Å². The number of aliphatic hydroxyl groups is 1. The fraction of sp³-hybridized carbons (Fsp3) is 0.533. The summed E-state index contributed by atoms with van der Waals surface area (Å²) in [6.45, 7) is 1.33. The van der Waals surface area contributed by atoms with Crippen LogP contribution in [-0.4, -0.2) is 48.8 Å². The SMILES string of the molecule is COc1ccc(NC(=O)CN2CCCCC2CO)cc1. The molecule has 0 aliphatic carbocycles. The molecule has 2 N–H and O–H groups in total. The Kier molecular flexibility index (Phi) is 5.38. The number of carbonyl (C=O) groups excluding carboxylic acids is 1. The third-order valence-electron chi connectivity index (χ3n) is 3.68. The molecule has 1 atom stereocenters. The number of hydrogen-bond acceptors (Lipinski definition) is 4. The van der Waals surface area contributed by atoms with Crippen molar-refractivity contribution in [3.63, 3.8) is 0 Å². The maximum absolute atomic E-state index is 12.0. The molecule has 1 aromatic rings. The van der Waals surface area contributed by atoms with Gasteiger partial charge < -0.3 is 15.2 Å². The van der Waals surface area contributed by atoms with Crippen LogP contribution in [0, 0.1) is 0 Å². The summed E-state index contributed by atoms with van der Waals surface area (Å²) in [6, 6.07) is 7.37. The second-order valence-electron chi connectivity index (χ2n) is 5.08. The quantitative estimate of drug-likeness (QED) is 0.856. The van der Waals surface area contributed by atoms with Crippen LogP contribution < -0.4 is 10.1 Å². The summed E-state index contributed by atoms with van der Waals surface area (Å²) in [4.78, 5) is 14.1. The summed E-state index contributed by atoms with van der Waals surface area (Å²) >= 11 is 0. The number of likely N-dealkylation sites (tertiary alicyclic amines) is 1. The molecule has 1 heterocycles. The number of benzene rings is 1. The van der Waals surface area contributed by atoms with Gasteiger partial charge in [0.25, 0.3) is 0 Å². The molecule has 0 radical (unpaired) electrons. The van der Waals surface area contributed by atoms with E-state index in [1.165, 1.54) is 0 Å². The van der Waals surface area contributed by atoms with E-state index in [0.717, 1.165) is 37.2 Å². The van der Waals surface area contributed by atoms with Gasteiger partial charge >= 0.3 is 0 Å². The van der Waals surface area contributed by atoms with Crippen LogP contribution in [0.2, 0.25) is 0 Å². The van der Waals surface area contributed by atoms with Gasteiger partial charge in [0, 0.05) is 11.7 Å². The number of hydrogen-bond donors (Lipinski definition) is 2. The number of methoxy groups -OCH3 is 1. The van der Waals surface area contributed by atoms with Crippen molar-refractivity contribution in [1.29, 1.82) is 0 Å². The predicted molar refractivity (Wildman–Crippen MR) is 77.9 cm³/mol. The van der Waals surface area contributed by atoms with Gasteiger partial charge in [0.1, 0.15) is 5.75 Å². The average Bonchev–Trinajstić information content (AvgIpc) is 2.48. The monoisotopic (exact) mass is 278 g/mol. The second kappa shape index (κ2) is 7.26. The first kappa shape index (κ1) is 14.8. The van der Waals surface area contributed by atoms with Gasteiger partial charge in [-0.1, -0.05) is 6.42 Å². The van der Waals surface area contributed by atoms with Crippen LogP contribution >= 0.6 is 0 Å². The molecule has 20 heavy (non-hydrogen) atoms. The Labute approximate surface area is 119 Å². The lowest BCUT2D eigenvalue weighted by molar-refractivity contribution is -0.118. The Morgan fingerprint density at radius 3 is 2.80 bits per heavy atom. The molecule has 0 bridgehead atoms. The molecule has 1 aromatic carbocycles. The van der Waals surface area contributed by atoms with Gasteiger partial charge in [-0.2, -0.15) is 0 Å². The van der Waals surface area contributed by atoms with E-state index in [1.807, 2.05) is 24.3 Å². The zero-order valence-corrected chi connectivity index (χ0v) is 11.8. The first-order valence-corrected chi connectivity index (χ1v) is 7.01. The van der Waals surface area contributed by atoms with Gasteiger partial charge in [0.05, 0.1) is 20.3 Å². The number of carbonyl (C=O) groups is 1. The Morgan fingerprint density at radius 2 is 2.15 bits per heavy atom. The number of rotatable bonds is 5. The number of ether oxygens (including phenoxy) is 1. The van der Waals surface area contributed by atoms with Crippen LogP contribution in [0.15, 0.2) is 24.3 Å². The standard InChI is InChI=1S/C15H22N2O3/c1-20-14-7-5-12(6-8-14)16-15(19)10-17-9-3-2-4-13(17)11-18/h5-8,13,18H,2-4,9-11H2,1H3,(H,16,19). The van der Waals surface area contributed by atoms with Crippen LogP contribution in [0.5, 0.6) is 5.75 Å². The molecule has 0 aromatic heterocycles. The van der Waals surface area contributed by atoms with Crippen molar-refractivity contribution < 1.29 is 14.6 Å². The van der Waals surface area contributed by atoms with E-state index < -0.39 is 0 Å². The van der Waals surface area contributed by atoms with E-state index in [1.54, 1.807) is 7.11 Å². The van der Waals surface area contributed by atoms with Crippen molar-refractivity contribution in [2.24, 2.45) is 0 Å². The van der Waals surface area contributed by atoms with Gasteiger partial charge in [-0.25, -0.2) is 0 Å². The first-order chi connectivity index (χ1) is 9.72. The molecule has 5 nitrogen and oxygen atoms in total. The Bertz CT molecular complexity index is 433. The van der Waals surface area contributed by atoms with E-state index in [-0.39, 0.29) is 18.6 Å². The van der Waals surface area contributed by atoms with Gasteiger partial charge in [-0.05, 0) is 43.7 Å². The molecular formula is C15H22N2O3. The van der Waals surface area contributed by atoms with E-state index >= 15 is 0 Å². The lowest BCUT2D eigenvalue weighted by atomic mass is 10.0. The molecule has 0 saturated carbocycles. The van der Waals surface area contributed by atoms with Crippen molar-refractivity contribution in [3.05, 3.63) is 24.3 Å². The summed E-state index contributed by atoms with van der Waals surface area (Å²) in [5, 5.41) is 12.2. The van der Waals surface area contributed by atoms with Crippen LogP contribution in [0.3, 0.4) is 0 Å². The molecule has 110 valence electrons. The molecule has 1 unspecified atom stereocenters. The molecule has 2 rings (SSSR count). The lowest BCUT2D eigenvalue weighted by Gasteiger charge is -2.33. The van der Waals surface area contributed by atoms with Gasteiger partial charge in [0.15, 0.2) is 0 Å². The zero-order chi connectivity index (χ0) is 14.4. The molecule has 1 aliphatic rings. The highest BCUT2D eigenvalue weighted by Crippen LogP contribution is 2.17. The van der Waals surface area contributed by atoms with E-state index in [9.17, 15) is 9.90 Å². The fourth-order valence-corrected chi connectivity index (χ4v) is 2.53. The van der Waals surface area contributed by atoms with Gasteiger partial charge in [0.2, 0.25) is 5.91 Å². The highest BCUT2D eigenvalue weighted by molar-refractivity contribution is 5.92. The molecule has 5 heteroatoms. The Balaban J connectivity index is 1.87. The molecule has 1 fully saturated rings. The number of aliphatic hydroxyl groups excluding tert-OH is 1. The fourth-order valence-electron chi connectivity index (χ4n) is 2.53. The summed E-state index contributed by atoms with van der Waals surface area (Å²) in [7, 11) is 1.61. The van der Waals surface area contributed by atoms with E-state index in [0.29, 0.717) is 6.54 Å². The van der Waals surface area contributed by atoms with Crippen LogP contribution in [0.4, 0.5) is 5.69 Å². The summed E-state index contributed by atoms with van der Waals surface area (Å²) in [5.41, 5.74) is 0.758. The minimum atomic E-state index is -0.0458. The van der Waals surface area contributed by atoms with E-state index in [4.69, 9.17) is 4.74 Å². The largest absolute Gasteiger partial charge is 0.497 e. The molecule has 0 spiro atoms. The van der Waals surface area contributed by atoms with Gasteiger partial charge in [-0.3, -0.25) is 9.69 Å². The maximum Gasteiger partial charge on any atom is 0.238 e. The second-order valence-corrected chi connectivity index (χ2v) is 5.08. The zero-order valence-electron chi connectivity index (χ0n) is 11.8. The summed E-state index contributed by atoms with van der Waals surface area (Å²) in [5.74, 6) is 0.717. The lowest BCUT2D eigenvalue weighted by Crippen LogP contribution is -2.45. The molecule has 1 aliphatic heterocycles. The van der Waals surface area contributed by atoms with Crippen molar-refractivity contribution in [2.45, 2.75) is 25.3 Å². The Morgan fingerprint density at radius 1 is 1.40 bits per heavy atom. The third kappa shape index (κ3) is 3.95. The number of nitrogens with one attached hydrogen (secondary N) is 1. The summed E-state index contributed by atoms with van der Waals surface area (Å²) < 4.78 is 5.08. The smallest absolute Gasteiger partial charge is 0.238 e. The number of anilines is 1. The topological polar surface area (TPSA) is 61.8 Å². The molecule has 1 saturated heterocycles. The molecule has 1 amide bonds. The van der Waals surface area contributed by atoms with E-state index in [2.05, 4.69) is 10.2 Å². The predicted octanol–water partition coefficient (Wildman–Crippen LogP) is 1.48. The first-order valence-electron chi connectivity index (χ1n) is 7.01. The van der Waals surface area contributed by atoms with Crippen molar-refractivity contribution >= 4 is 11.6 Å². The highest BCUT2D eigenvalue weighted by atomic mass is 16.5. The van der Waals surface area contributed by atoms with Crippen LogP contribution in [-0.2, 0) is 4.79 Å². The van der Waals surface area contributed by atoms with Crippen LogP contribution in [0.25, 0.3) is 0 Å².